The highest BCUT2D eigenvalue weighted by Crippen LogP contribution is 2.55. The maximum Gasteiger partial charge on any atom is 0.338 e. The summed E-state index contributed by atoms with van der Waals surface area (Å²) in [5.74, 6) is 0.282. The average molecular weight is 445 g/mol. The highest BCUT2D eigenvalue weighted by molar-refractivity contribution is 5.82. The van der Waals surface area contributed by atoms with Gasteiger partial charge in [0, 0.05) is 5.92 Å². The Morgan fingerprint density at radius 2 is 2.03 bits per heavy atom. The van der Waals surface area contributed by atoms with Crippen LogP contribution in [0.3, 0.4) is 0 Å². The van der Waals surface area contributed by atoms with E-state index in [4.69, 9.17) is 4.74 Å². The molecule has 1 saturated heterocycles. The molecule has 2 aliphatic carbocycles. The van der Waals surface area contributed by atoms with Crippen LogP contribution in [-0.2, 0) is 9.53 Å². The number of hydrogen-bond acceptors (Lipinski definition) is 6. The summed E-state index contributed by atoms with van der Waals surface area (Å²) in [7, 11) is 0. The van der Waals surface area contributed by atoms with E-state index in [1.54, 1.807) is 10.9 Å². The van der Waals surface area contributed by atoms with Crippen molar-refractivity contribution < 1.29 is 14.6 Å². The summed E-state index contributed by atoms with van der Waals surface area (Å²) in [5.41, 5.74) is 2.10. The molecule has 3 heterocycles. The summed E-state index contributed by atoms with van der Waals surface area (Å²) in [5, 5.41) is 19.8. The van der Waals surface area contributed by atoms with Crippen molar-refractivity contribution >= 4 is 23.1 Å². The third kappa shape index (κ3) is 3.29. The van der Waals surface area contributed by atoms with E-state index in [0.29, 0.717) is 18.3 Å². The van der Waals surface area contributed by atoms with E-state index in [2.05, 4.69) is 21.4 Å². The smallest absolute Gasteiger partial charge is 0.338 e. The maximum absolute atomic E-state index is 12.6. The van der Waals surface area contributed by atoms with Crippen LogP contribution in [0.25, 0.3) is 22.8 Å². The average Bonchev–Trinajstić information content (AvgIpc) is 3.35. The van der Waals surface area contributed by atoms with Gasteiger partial charge in [-0.05, 0) is 67.9 Å². The number of rotatable bonds is 3. The molecule has 7 nitrogen and oxygen atoms in total. The number of carbonyl (C=O) groups excluding carboxylic acids is 1. The number of cyclic esters (lactones) is 1. The van der Waals surface area contributed by atoms with Crippen molar-refractivity contribution in [2.75, 3.05) is 0 Å². The molecular formula is C26H28N4O3. The van der Waals surface area contributed by atoms with E-state index in [-0.39, 0.29) is 17.9 Å². The van der Waals surface area contributed by atoms with E-state index >= 15 is 0 Å². The lowest BCUT2D eigenvalue weighted by Crippen LogP contribution is -2.54. The molecule has 1 N–H and O–H groups in total. The maximum atomic E-state index is 12.6. The molecular weight excluding hydrogens is 416 g/mol. The third-order valence-electron chi connectivity index (χ3n) is 8.01. The van der Waals surface area contributed by atoms with Crippen LogP contribution in [0.5, 0.6) is 0 Å². The van der Waals surface area contributed by atoms with Gasteiger partial charge in [-0.1, -0.05) is 42.7 Å². The second-order valence-electron chi connectivity index (χ2n) is 9.84. The van der Waals surface area contributed by atoms with Gasteiger partial charge in [0.05, 0.1) is 23.1 Å². The topological polar surface area (TPSA) is 90.1 Å². The summed E-state index contributed by atoms with van der Waals surface area (Å²) < 4.78 is 7.32. The van der Waals surface area contributed by atoms with Crippen LogP contribution in [0.2, 0.25) is 0 Å². The lowest BCUT2D eigenvalue weighted by molar-refractivity contribution is -0.162. The largest absolute Gasteiger partial charge is 0.460 e. The standard InChI is InChI=1S/C26H28N4O3/c1-16-24-21(20-7-3-2-6-17(20)14-26(24,32)25(31)33-16)13-11-18-10-12-19(15-27-18)30-23-9-5-4-8-22(23)28-29-30/h4-5,8-13,15-17,20-21,24,32H,2-3,6-7,14H2,1H3/b13-11+/t16-,17+,20-,21+,24+,26+/m1/s1. The van der Waals surface area contributed by atoms with Gasteiger partial charge < -0.3 is 9.84 Å². The van der Waals surface area contributed by atoms with E-state index in [1.165, 1.54) is 12.8 Å². The Bertz CT molecular complexity index is 1220. The Kier molecular flexibility index (Phi) is 4.83. The zero-order chi connectivity index (χ0) is 22.6. The van der Waals surface area contributed by atoms with Gasteiger partial charge in [0.1, 0.15) is 11.6 Å². The van der Waals surface area contributed by atoms with Gasteiger partial charge in [0.25, 0.3) is 0 Å². The number of nitrogens with zero attached hydrogens (tertiary/aromatic N) is 4. The minimum absolute atomic E-state index is 0.0937. The van der Waals surface area contributed by atoms with Gasteiger partial charge >= 0.3 is 5.97 Å². The Morgan fingerprint density at radius 1 is 1.18 bits per heavy atom. The molecule has 1 aromatic carbocycles. The molecule has 33 heavy (non-hydrogen) atoms. The lowest BCUT2D eigenvalue weighted by Gasteiger charge is -2.48. The van der Waals surface area contributed by atoms with Crippen molar-refractivity contribution in [2.45, 2.75) is 50.7 Å². The summed E-state index contributed by atoms with van der Waals surface area (Å²) in [4.78, 5) is 17.2. The van der Waals surface area contributed by atoms with E-state index in [9.17, 15) is 9.90 Å². The van der Waals surface area contributed by atoms with Gasteiger partial charge in [0.15, 0.2) is 5.60 Å². The highest BCUT2D eigenvalue weighted by Gasteiger charge is 2.63. The van der Waals surface area contributed by atoms with Crippen molar-refractivity contribution in [3.05, 3.63) is 54.4 Å². The second kappa shape index (κ2) is 7.76. The van der Waals surface area contributed by atoms with Crippen LogP contribution in [0, 0.1) is 23.7 Å². The number of benzene rings is 1. The van der Waals surface area contributed by atoms with Crippen molar-refractivity contribution in [2.24, 2.45) is 23.7 Å². The van der Waals surface area contributed by atoms with Gasteiger partial charge in [-0.3, -0.25) is 4.98 Å². The first kappa shape index (κ1) is 20.5. The number of hydrogen-bond donors (Lipinski definition) is 1. The molecule has 170 valence electrons. The van der Waals surface area contributed by atoms with Gasteiger partial charge in [0.2, 0.25) is 0 Å². The van der Waals surface area contributed by atoms with Crippen LogP contribution in [0.4, 0.5) is 0 Å². The number of aromatic nitrogens is 4. The fourth-order valence-corrected chi connectivity index (χ4v) is 6.53. The molecule has 6 rings (SSSR count). The number of pyridine rings is 1. The summed E-state index contributed by atoms with van der Waals surface area (Å²) >= 11 is 0. The number of fused-ring (bicyclic) bond motifs is 3. The lowest BCUT2D eigenvalue weighted by atomic mass is 9.56. The number of carbonyl (C=O) groups is 1. The molecule has 0 radical (unpaired) electrons. The van der Waals surface area contributed by atoms with Crippen LogP contribution < -0.4 is 0 Å². The van der Waals surface area contributed by atoms with Crippen LogP contribution >= 0.6 is 0 Å². The SMILES string of the molecule is C[C@H]1OC(=O)[C@]2(O)C[C@@H]3CCCC[C@H]3[C@H](/C=C/c3ccc(-n4nnc5ccccc54)cn3)[C@H]12. The molecule has 0 unspecified atom stereocenters. The normalized spacial score (nSPS) is 33.8. The predicted molar refractivity (Wildman–Crippen MR) is 123 cm³/mol. The number of ether oxygens (including phenoxy) is 1. The zero-order valence-corrected chi connectivity index (χ0v) is 18.7. The Labute approximate surface area is 192 Å². The van der Waals surface area contributed by atoms with Crippen LogP contribution in [0.1, 0.15) is 44.7 Å². The molecule has 3 fully saturated rings. The summed E-state index contributed by atoms with van der Waals surface area (Å²) in [6.45, 7) is 1.92. The summed E-state index contributed by atoms with van der Waals surface area (Å²) in [6.07, 6.45) is 10.8. The molecule has 0 spiro atoms. The molecule has 2 aromatic heterocycles. The molecule has 0 amide bonds. The molecule has 1 aliphatic heterocycles. The Hall–Kier alpha value is -3.06. The molecule has 0 bridgehead atoms. The quantitative estimate of drug-likeness (QED) is 0.616. The first-order valence-electron chi connectivity index (χ1n) is 11.9. The Balaban J connectivity index is 1.29. The Morgan fingerprint density at radius 3 is 2.88 bits per heavy atom. The minimum Gasteiger partial charge on any atom is -0.460 e. The van der Waals surface area contributed by atoms with E-state index in [0.717, 1.165) is 35.3 Å². The van der Waals surface area contributed by atoms with E-state index < -0.39 is 11.6 Å². The molecule has 7 heteroatoms. The highest BCUT2D eigenvalue weighted by atomic mass is 16.6. The van der Waals surface area contributed by atoms with Crippen molar-refractivity contribution in [1.29, 1.82) is 0 Å². The van der Waals surface area contributed by atoms with Crippen molar-refractivity contribution in [1.82, 2.24) is 20.0 Å². The monoisotopic (exact) mass is 444 g/mol. The molecule has 3 aliphatic rings. The van der Waals surface area contributed by atoms with Crippen molar-refractivity contribution in [3.63, 3.8) is 0 Å². The van der Waals surface area contributed by atoms with Crippen LogP contribution in [0.15, 0.2) is 48.7 Å². The number of esters is 1. The second-order valence-corrected chi connectivity index (χ2v) is 9.84. The zero-order valence-electron chi connectivity index (χ0n) is 18.7. The number of para-hydroxylation sites is 1. The first-order chi connectivity index (χ1) is 16.0. The fourth-order valence-electron chi connectivity index (χ4n) is 6.53. The first-order valence-corrected chi connectivity index (χ1v) is 11.9. The summed E-state index contributed by atoms with van der Waals surface area (Å²) in [6, 6.07) is 11.8. The van der Waals surface area contributed by atoms with Gasteiger partial charge in [-0.25, -0.2) is 9.48 Å². The fraction of sp³-hybridized carbons (Fsp3) is 0.462. The molecule has 3 aromatic rings. The number of allylic oxidation sites excluding steroid dienone is 1. The third-order valence-corrected chi connectivity index (χ3v) is 8.01. The minimum atomic E-state index is -1.36. The van der Waals surface area contributed by atoms with E-state index in [1.807, 2.05) is 49.4 Å². The van der Waals surface area contributed by atoms with Gasteiger partial charge in [-0.15, -0.1) is 5.10 Å². The van der Waals surface area contributed by atoms with Gasteiger partial charge in [-0.2, -0.15) is 0 Å². The predicted octanol–water partition coefficient (Wildman–Crippen LogP) is 3.95. The number of aliphatic hydroxyl groups is 1. The molecule has 2 saturated carbocycles. The van der Waals surface area contributed by atoms with Crippen LogP contribution in [-0.4, -0.2) is 42.8 Å². The molecule has 6 atom stereocenters. The van der Waals surface area contributed by atoms with Crippen molar-refractivity contribution in [3.8, 4) is 5.69 Å².